The van der Waals surface area contributed by atoms with E-state index >= 15 is 0 Å². The van der Waals surface area contributed by atoms with Gasteiger partial charge in [0.2, 0.25) is 0 Å². The van der Waals surface area contributed by atoms with Crippen molar-refractivity contribution in [3.63, 3.8) is 0 Å². The maximum Gasteiger partial charge on any atom is 0.199 e. The van der Waals surface area contributed by atoms with E-state index in [9.17, 15) is 8.42 Å². The average Bonchev–Trinajstić information content (AvgIpc) is 2.82. The maximum atomic E-state index is 11.6. The van der Waals surface area contributed by atoms with Gasteiger partial charge in [0, 0.05) is 17.8 Å². The molecule has 0 spiro atoms. The van der Waals surface area contributed by atoms with Gasteiger partial charge in [-0.15, -0.1) is 0 Å². The third-order valence-electron chi connectivity index (χ3n) is 2.35. The Hall–Kier alpha value is -1.88. The highest BCUT2D eigenvalue weighted by molar-refractivity contribution is 7.94. The summed E-state index contributed by atoms with van der Waals surface area (Å²) in [6.07, 6.45) is 3.51. The standard InChI is InChI=1S/C12H12N2O2S/c1-2-17(15,16)12-6-3-5-11(9-12)10-14-8-4-7-13-14/h2-9H,1,10H2. The van der Waals surface area contributed by atoms with Crippen molar-refractivity contribution >= 4 is 9.84 Å². The summed E-state index contributed by atoms with van der Waals surface area (Å²) in [6.45, 7) is 3.86. The van der Waals surface area contributed by atoms with Crippen molar-refractivity contribution in [2.45, 2.75) is 11.4 Å². The number of hydrogen-bond donors (Lipinski definition) is 0. The molecule has 0 N–H and O–H groups in total. The molecular weight excluding hydrogens is 236 g/mol. The lowest BCUT2D eigenvalue weighted by atomic mass is 10.2. The van der Waals surface area contributed by atoms with Crippen molar-refractivity contribution in [3.8, 4) is 0 Å². The molecule has 0 saturated carbocycles. The van der Waals surface area contributed by atoms with Crippen molar-refractivity contribution in [1.82, 2.24) is 9.78 Å². The van der Waals surface area contributed by atoms with E-state index in [1.54, 1.807) is 29.1 Å². The Morgan fingerprint density at radius 2 is 2.18 bits per heavy atom. The van der Waals surface area contributed by atoms with Crippen LogP contribution in [0.2, 0.25) is 0 Å². The molecule has 88 valence electrons. The van der Waals surface area contributed by atoms with E-state index in [0.717, 1.165) is 11.0 Å². The molecule has 0 bridgehead atoms. The Morgan fingerprint density at radius 1 is 1.35 bits per heavy atom. The molecule has 0 aliphatic heterocycles. The second-order valence-electron chi connectivity index (χ2n) is 3.56. The fraction of sp³-hybridized carbons (Fsp3) is 0.0833. The second kappa shape index (κ2) is 4.55. The largest absolute Gasteiger partial charge is 0.268 e. The van der Waals surface area contributed by atoms with E-state index in [4.69, 9.17) is 0 Å². The lowest BCUT2D eigenvalue weighted by Crippen LogP contribution is -2.02. The summed E-state index contributed by atoms with van der Waals surface area (Å²) in [6, 6.07) is 8.60. The lowest BCUT2D eigenvalue weighted by Gasteiger charge is -2.04. The van der Waals surface area contributed by atoms with Crippen LogP contribution in [-0.4, -0.2) is 18.2 Å². The van der Waals surface area contributed by atoms with Crippen LogP contribution >= 0.6 is 0 Å². The number of aromatic nitrogens is 2. The molecule has 0 aliphatic carbocycles. The first-order chi connectivity index (χ1) is 8.12. The minimum absolute atomic E-state index is 0.261. The molecule has 2 aromatic rings. The molecule has 1 aromatic carbocycles. The minimum Gasteiger partial charge on any atom is -0.268 e. The van der Waals surface area contributed by atoms with Gasteiger partial charge in [-0.1, -0.05) is 18.7 Å². The highest BCUT2D eigenvalue weighted by atomic mass is 32.2. The van der Waals surface area contributed by atoms with Crippen LogP contribution in [0.1, 0.15) is 5.56 Å². The monoisotopic (exact) mass is 248 g/mol. The zero-order valence-electron chi connectivity index (χ0n) is 9.15. The quantitative estimate of drug-likeness (QED) is 0.829. The third kappa shape index (κ3) is 2.62. The minimum atomic E-state index is -3.37. The normalized spacial score (nSPS) is 11.3. The van der Waals surface area contributed by atoms with E-state index in [1.807, 2.05) is 18.3 Å². The van der Waals surface area contributed by atoms with Crippen molar-refractivity contribution in [1.29, 1.82) is 0 Å². The molecule has 17 heavy (non-hydrogen) atoms. The third-order valence-corrected chi connectivity index (χ3v) is 3.70. The first-order valence-electron chi connectivity index (χ1n) is 5.06. The molecule has 0 radical (unpaired) electrons. The fourth-order valence-corrected chi connectivity index (χ4v) is 2.27. The summed E-state index contributed by atoms with van der Waals surface area (Å²) < 4.78 is 25.0. The first-order valence-corrected chi connectivity index (χ1v) is 6.60. The van der Waals surface area contributed by atoms with Crippen LogP contribution in [0.25, 0.3) is 0 Å². The van der Waals surface area contributed by atoms with Crippen LogP contribution in [-0.2, 0) is 16.4 Å². The molecule has 5 heteroatoms. The predicted octanol–water partition coefficient (Wildman–Crippen LogP) is 1.85. The summed E-state index contributed by atoms with van der Waals surface area (Å²) in [5.74, 6) is 0. The molecule has 0 amide bonds. The Balaban J connectivity index is 2.32. The first kappa shape index (κ1) is 11.6. The zero-order valence-corrected chi connectivity index (χ0v) is 9.97. The SMILES string of the molecule is C=CS(=O)(=O)c1cccc(Cn2cccn2)c1. The summed E-state index contributed by atoms with van der Waals surface area (Å²) in [5, 5.41) is 5.03. The molecule has 0 aliphatic rings. The van der Waals surface area contributed by atoms with Gasteiger partial charge in [0.15, 0.2) is 9.84 Å². The van der Waals surface area contributed by atoms with Gasteiger partial charge in [-0.3, -0.25) is 4.68 Å². The molecular formula is C12H12N2O2S. The lowest BCUT2D eigenvalue weighted by molar-refractivity contribution is 0.604. The van der Waals surface area contributed by atoms with Gasteiger partial charge in [0.25, 0.3) is 0 Å². The van der Waals surface area contributed by atoms with Crippen molar-refractivity contribution in [2.24, 2.45) is 0 Å². The average molecular weight is 248 g/mol. The molecule has 0 atom stereocenters. The van der Waals surface area contributed by atoms with E-state index in [1.165, 1.54) is 0 Å². The van der Waals surface area contributed by atoms with Crippen LogP contribution in [0.3, 0.4) is 0 Å². The van der Waals surface area contributed by atoms with E-state index in [-0.39, 0.29) is 4.90 Å². The molecule has 1 heterocycles. The highest BCUT2D eigenvalue weighted by Crippen LogP contribution is 2.14. The van der Waals surface area contributed by atoms with Crippen LogP contribution in [0.4, 0.5) is 0 Å². The Bertz CT molecular complexity index is 616. The number of nitrogens with zero attached hydrogens (tertiary/aromatic N) is 2. The van der Waals surface area contributed by atoms with E-state index in [0.29, 0.717) is 6.54 Å². The van der Waals surface area contributed by atoms with Gasteiger partial charge < -0.3 is 0 Å². The topological polar surface area (TPSA) is 52.0 Å². The summed E-state index contributed by atoms with van der Waals surface area (Å²) in [7, 11) is -3.37. The Kier molecular flexibility index (Phi) is 3.10. The summed E-state index contributed by atoms with van der Waals surface area (Å²) in [5.41, 5.74) is 0.886. The Morgan fingerprint density at radius 3 is 2.82 bits per heavy atom. The number of sulfone groups is 1. The van der Waals surface area contributed by atoms with Crippen LogP contribution in [0.15, 0.2) is 59.6 Å². The van der Waals surface area contributed by atoms with Crippen LogP contribution < -0.4 is 0 Å². The smallest absolute Gasteiger partial charge is 0.199 e. The van der Waals surface area contributed by atoms with E-state index < -0.39 is 9.84 Å². The number of rotatable bonds is 4. The number of hydrogen-bond acceptors (Lipinski definition) is 3. The van der Waals surface area contributed by atoms with Gasteiger partial charge in [-0.2, -0.15) is 5.10 Å². The Labute approximate surface area is 100 Å². The summed E-state index contributed by atoms with van der Waals surface area (Å²) in [4.78, 5) is 0.261. The molecule has 0 fully saturated rings. The molecule has 2 rings (SSSR count). The van der Waals surface area contributed by atoms with Crippen molar-refractivity contribution < 1.29 is 8.42 Å². The molecule has 4 nitrogen and oxygen atoms in total. The fourth-order valence-electron chi connectivity index (χ4n) is 1.50. The summed E-state index contributed by atoms with van der Waals surface area (Å²) >= 11 is 0. The molecule has 0 unspecified atom stereocenters. The van der Waals surface area contributed by atoms with Gasteiger partial charge in [-0.05, 0) is 23.8 Å². The molecule has 0 saturated heterocycles. The maximum absolute atomic E-state index is 11.6. The van der Waals surface area contributed by atoms with Gasteiger partial charge in [0.1, 0.15) is 0 Å². The van der Waals surface area contributed by atoms with Crippen LogP contribution in [0.5, 0.6) is 0 Å². The predicted molar refractivity (Wildman–Crippen MR) is 65.2 cm³/mol. The van der Waals surface area contributed by atoms with Gasteiger partial charge in [0.05, 0.1) is 11.4 Å². The van der Waals surface area contributed by atoms with Gasteiger partial charge in [-0.25, -0.2) is 8.42 Å². The second-order valence-corrected chi connectivity index (χ2v) is 5.46. The van der Waals surface area contributed by atoms with Crippen molar-refractivity contribution in [2.75, 3.05) is 0 Å². The van der Waals surface area contributed by atoms with Crippen molar-refractivity contribution in [3.05, 3.63) is 60.3 Å². The molecule has 1 aromatic heterocycles. The highest BCUT2D eigenvalue weighted by Gasteiger charge is 2.09. The number of benzene rings is 1. The zero-order chi connectivity index (χ0) is 12.3. The van der Waals surface area contributed by atoms with E-state index in [2.05, 4.69) is 11.7 Å². The van der Waals surface area contributed by atoms with Gasteiger partial charge >= 0.3 is 0 Å². The van der Waals surface area contributed by atoms with Crippen LogP contribution in [0, 0.1) is 0 Å².